The van der Waals surface area contributed by atoms with Gasteiger partial charge in [0.1, 0.15) is 0 Å². The molecule has 0 rings (SSSR count). The molecule has 128 valence electrons. The predicted octanol–water partition coefficient (Wildman–Crippen LogP) is 3.50. The molecule has 1 atom stereocenters. The Kier molecular flexibility index (Phi) is 12.3. The highest BCUT2D eigenvalue weighted by Crippen LogP contribution is 2.09. The van der Waals surface area contributed by atoms with Gasteiger partial charge in [0.15, 0.2) is 0 Å². The van der Waals surface area contributed by atoms with Crippen molar-refractivity contribution in [1.29, 1.82) is 0 Å². The maximum atomic E-state index is 12.5. The van der Waals surface area contributed by atoms with Crippen molar-refractivity contribution in [3.05, 3.63) is 12.7 Å². The zero-order chi connectivity index (χ0) is 16.8. The first kappa shape index (κ1) is 20.5. The van der Waals surface area contributed by atoms with Gasteiger partial charge in [-0.2, -0.15) is 0 Å². The van der Waals surface area contributed by atoms with E-state index in [-0.39, 0.29) is 11.9 Å². The lowest BCUT2D eigenvalue weighted by Crippen LogP contribution is -2.41. The second-order valence-corrected chi connectivity index (χ2v) is 5.51. The monoisotopic (exact) mass is 312 g/mol. The minimum Gasteiger partial charge on any atom is -0.453 e. The number of hydrogen-bond acceptors (Lipinski definition) is 3. The van der Waals surface area contributed by atoms with Gasteiger partial charge in [0.05, 0.1) is 7.11 Å². The summed E-state index contributed by atoms with van der Waals surface area (Å²) >= 11 is 0. The van der Waals surface area contributed by atoms with Crippen LogP contribution in [0.15, 0.2) is 12.7 Å². The molecule has 0 aromatic rings. The molecule has 5 heteroatoms. The van der Waals surface area contributed by atoms with Crippen molar-refractivity contribution in [1.82, 2.24) is 10.2 Å². The number of amides is 2. The van der Waals surface area contributed by atoms with E-state index in [9.17, 15) is 9.59 Å². The van der Waals surface area contributed by atoms with E-state index in [1.54, 1.807) is 6.08 Å². The fourth-order valence-electron chi connectivity index (χ4n) is 2.27. The highest BCUT2D eigenvalue weighted by molar-refractivity contribution is 5.78. The van der Waals surface area contributed by atoms with Crippen LogP contribution in [0.25, 0.3) is 0 Å². The van der Waals surface area contributed by atoms with E-state index in [0.29, 0.717) is 13.0 Å². The summed E-state index contributed by atoms with van der Waals surface area (Å²) in [5.41, 5.74) is 0. The molecular formula is C17H32N2O3. The first-order valence-electron chi connectivity index (χ1n) is 8.32. The SMILES string of the molecule is C=CCN(CCCCC)C(=O)C[C@H](CCCC)NC(=O)OC. The van der Waals surface area contributed by atoms with Crippen LogP contribution in [0.5, 0.6) is 0 Å². The summed E-state index contributed by atoms with van der Waals surface area (Å²) in [4.78, 5) is 25.7. The van der Waals surface area contributed by atoms with Gasteiger partial charge >= 0.3 is 6.09 Å². The topological polar surface area (TPSA) is 58.6 Å². The predicted molar refractivity (Wildman–Crippen MR) is 89.8 cm³/mol. The molecule has 5 nitrogen and oxygen atoms in total. The Labute approximate surface area is 135 Å². The number of hydrogen-bond donors (Lipinski definition) is 1. The largest absolute Gasteiger partial charge is 0.453 e. The third-order valence-corrected chi connectivity index (χ3v) is 3.57. The van der Waals surface area contributed by atoms with Crippen LogP contribution < -0.4 is 5.32 Å². The van der Waals surface area contributed by atoms with E-state index >= 15 is 0 Å². The zero-order valence-corrected chi connectivity index (χ0v) is 14.4. The van der Waals surface area contributed by atoms with Crippen molar-refractivity contribution in [3.63, 3.8) is 0 Å². The van der Waals surface area contributed by atoms with Crippen LogP contribution in [0.4, 0.5) is 4.79 Å². The minimum atomic E-state index is -0.477. The second kappa shape index (κ2) is 13.2. The number of nitrogens with zero attached hydrogens (tertiary/aromatic N) is 1. The Balaban J connectivity index is 4.56. The first-order valence-corrected chi connectivity index (χ1v) is 8.32. The average Bonchev–Trinajstić information content (AvgIpc) is 2.51. The number of alkyl carbamates (subject to hydrolysis) is 1. The van der Waals surface area contributed by atoms with Gasteiger partial charge < -0.3 is 15.0 Å². The molecule has 0 unspecified atom stereocenters. The molecule has 0 heterocycles. The molecule has 2 amide bonds. The van der Waals surface area contributed by atoms with Gasteiger partial charge in [0.2, 0.25) is 5.91 Å². The molecule has 0 fully saturated rings. The molecule has 0 aliphatic heterocycles. The lowest BCUT2D eigenvalue weighted by molar-refractivity contribution is -0.131. The third-order valence-electron chi connectivity index (χ3n) is 3.57. The van der Waals surface area contributed by atoms with E-state index in [2.05, 4.69) is 30.5 Å². The summed E-state index contributed by atoms with van der Waals surface area (Å²) in [7, 11) is 1.34. The van der Waals surface area contributed by atoms with Crippen LogP contribution in [-0.2, 0) is 9.53 Å². The quantitative estimate of drug-likeness (QED) is 0.443. The molecule has 22 heavy (non-hydrogen) atoms. The molecule has 0 aromatic carbocycles. The van der Waals surface area contributed by atoms with Crippen molar-refractivity contribution in [2.45, 2.75) is 64.8 Å². The van der Waals surface area contributed by atoms with Crippen LogP contribution in [0.2, 0.25) is 0 Å². The summed E-state index contributed by atoms with van der Waals surface area (Å²) in [6, 6.07) is -0.168. The number of rotatable bonds is 12. The van der Waals surface area contributed by atoms with Crippen LogP contribution in [0.3, 0.4) is 0 Å². The number of unbranched alkanes of at least 4 members (excludes halogenated alkanes) is 3. The van der Waals surface area contributed by atoms with Crippen LogP contribution in [0, 0.1) is 0 Å². The van der Waals surface area contributed by atoms with Crippen LogP contribution in [-0.4, -0.2) is 43.1 Å². The fraction of sp³-hybridized carbons (Fsp3) is 0.765. The smallest absolute Gasteiger partial charge is 0.407 e. The number of nitrogens with one attached hydrogen (secondary N) is 1. The van der Waals surface area contributed by atoms with Crippen molar-refractivity contribution >= 4 is 12.0 Å². The molecule has 0 saturated carbocycles. The summed E-state index contributed by atoms with van der Waals surface area (Å²) in [6.07, 6.45) is 7.61. The number of carbonyl (C=O) groups is 2. The molecule has 0 aromatic heterocycles. The van der Waals surface area contributed by atoms with E-state index in [1.807, 2.05) is 4.90 Å². The fourth-order valence-corrected chi connectivity index (χ4v) is 2.27. The maximum absolute atomic E-state index is 12.5. The Morgan fingerprint density at radius 1 is 1.23 bits per heavy atom. The minimum absolute atomic E-state index is 0.0634. The maximum Gasteiger partial charge on any atom is 0.407 e. The van der Waals surface area contributed by atoms with Gasteiger partial charge in [0.25, 0.3) is 0 Å². The summed E-state index contributed by atoms with van der Waals surface area (Å²) in [5.74, 6) is 0.0634. The van der Waals surface area contributed by atoms with E-state index in [0.717, 1.165) is 45.1 Å². The Morgan fingerprint density at radius 2 is 1.91 bits per heavy atom. The lowest BCUT2D eigenvalue weighted by Gasteiger charge is -2.24. The molecule has 0 saturated heterocycles. The van der Waals surface area contributed by atoms with E-state index in [4.69, 9.17) is 0 Å². The van der Waals surface area contributed by atoms with Gasteiger partial charge in [0, 0.05) is 25.6 Å². The molecule has 0 spiro atoms. The third kappa shape index (κ3) is 9.42. The van der Waals surface area contributed by atoms with Gasteiger partial charge in [-0.3, -0.25) is 4.79 Å². The summed E-state index contributed by atoms with van der Waals surface area (Å²) in [6.45, 7) is 9.25. The summed E-state index contributed by atoms with van der Waals surface area (Å²) < 4.78 is 4.64. The zero-order valence-electron chi connectivity index (χ0n) is 14.4. The molecule has 1 N–H and O–H groups in total. The van der Waals surface area contributed by atoms with Crippen molar-refractivity contribution in [2.75, 3.05) is 20.2 Å². The van der Waals surface area contributed by atoms with Gasteiger partial charge in [-0.15, -0.1) is 6.58 Å². The van der Waals surface area contributed by atoms with Crippen LogP contribution >= 0.6 is 0 Å². The van der Waals surface area contributed by atoms with E-state index in [1.165, 1.54) is 7.11 Å². The average molecular weight is 312 g/mol. The first-order chi connectivity index (χ1) is 10.6. The molecule has 0 bridgehead atoms. The van der Waals surface area contributed by atoms with Gasteiger partial charge in [-0.05, 0) is 12.8 Å². The standard InChI is InChI=1S/C17H32N2O3/c1-5-8-10-13-19(12-7-3)16(20)14-15(11-9-6-2)18-17(21)22-4/h7,15H,3,5-6,8-14H2,1-2,4H3,(H,18,21)/t15-/m0/s1. The molecule has 0 aliphatic rings. The van der Waals surface area contributed by atoms with Gasteiger partial charge in [-0.1, -0.05) is 45.6 Å². The second-order valence-electron chi connectivity index (χ2n) is 5.51. The number of ether oxygens (including phenoxy) is 1. The number of methoxy groups -OCH3 is 1. The van der Waals surface area contributed by atoms with Gasteiger partial charge in [-0.25, -0.2) is 4.79 Å². The van der Waals surface area contributed by atoms with Crippen molar-refractivity contribution in [3.8, 4) is 0 Å². The van der Waals surface area contributed by atoms with E-state index < -0.39 is 6.09 Å². The molecular weight excluding hydrogens is 280 g/mol. The number of carbonyl (C=O) groups excluding carboxylic acids is 2. The Morgan fingerprint density at radius 3 is 2.45 bits per heavy atom. The van der Waals surface area contributed by atoms with Crippen molar-refractivity contribution in [2.24, 2.45) is 0 Å². The highest BCUT2D eigenvalue weighted by Gasteiger charge is 2.20. The molecule has 0 radical (unpaired) electrons. The lowest BCUT2D eigenvalue weighted by atomic mass is 10.1. The summed E-state index contributed by atoms with van der Waals surface area (Å²) in [5, 5.41) is 2.76. The Bertz CT molecular complexity index is 332. The molecule has 0 aliphatic carbocycles. The normalized spacial score (nSPS) is 11.6. The Hall–Kier alpha value is -1.52. The highest BCUT2D eigenvalue weighted by atomic mass is 16.5. The van der Waals surface area contributed by atoms with Crippen LogP contribution in [0.1, 0.15) is 58.8 Å². The van der Waals surface area contributed by atoms with Crippen molar-refractivity contribution < 1.29 is 14.3 Å².